The van der Waals surface area contributed by atoms with Crippen LogP contribution in [0.2, 0.25) is 0 Å². The average molecular weight is 278 g/mol. The standard InChI is InChI=1S/C10H18N2O5S/c13-9(12-5-3-11-4-6-12)8-18(16,17)7-1-2-10(14)15/h11H,1-8H2,(H,14,15). The number of rotatable bonds is 6. The number of carboxylic acid groups (broad SMARTS) is 1. The number of carbonyl (C=O) groups is 2. The van der Waals surface area contributed by atoms with Gasteiger partial charge >= 0.3 is 5.97 Å². The second kappa shape index (κ2) is 6.69. The molecule has 0 aliphatic carbocycles. The molecule has 2 N–H and O–H groups in total. The van der Waals surface area contributed by atoms with Gasteiger partial charge in [0.25, 0.3) is 0 Å². The zero-order valence-corrected chi connectivity index (χ0v) is 10.9. The summed E-state index contributed by atoms with van der Waals surface area (Å²) in [6.45, 7) is 2.38. The van der Waals surface area contributed by atoms with Gasteiger partial charge in [-0.3, -0.25) is 9.59 Å². The molecule has 0 unspecified atom stereocenters. The van der Waals surface area contributed by atoms with Crippen LogP contribution in [0.15, 0.2) is 0 Å². The number of sulfone groups is 1. The smallest absolute Gasteiger partial charge is 0.303 e. The molecule has 7 nitrogen and oxygen atoms in total. The number of hydrogen-bond acceptors (Lipinski definition) is 5. The average Bonchev–Trinajstić information content (AvgIpc) is 2.28. The molecule has 0 aromatic carbocycles. The Kier molecular flexibility index (Phi) is 5.54. The van der Waals surface area contributed by atoms with Crippen LogP contribution in [0, 0.1) is 0 Å². The Hall–Kier alpha value is -1.15. The molecule has 0 aromatic heterocycles. The van der Waals surface area contributed by atoms with Crippen molar-refractivity contribution in [2.24, 2.45) is 0 Å². The number of aliphatic carboxylic acids is 1. The van der Waals surface area contributed by atoms with Gasteiger partial charge < -0.3 is 15.3 Å². The van der Waals surface area contributed by atoms with Gasteiger partial charge in [-0.2, -0.15) is 0 Å². The van der Waals surface area contributed by atoms with Crippen molar-refractivity contribution in [3.05, 3.63) is 0 Å². The van der Waals surface area contributed by atoms with E-state index in [1.54, 1.807) is 0 Å². The lowest BCUT2D eigenvalue weighted by atomic mass is 10.3. The van der Waals surface area contributed by atoms with E-state index in [4.69, 9.17) is 5.11 Å². The van der Waals surface area contributed by atoms with Gasteiger partial charge in [-0.1, -0.05) is 0 Å². The molecule has 0 radical (unpaired) electrons. The first kappa shape index (κ1) is 14.9. The summed E-state index contributed by atoms with van der Waals surface area (Å²) in [6, 6.07) is 0. The first-order chi connectivity index (χ1) is 8.41. The second-order valence-electron chi connectivity index (χ2n) is 4.22. The van der Waals surface area contributed by atoms with Crippen molar-refractivity contribution in [1.82, 2.24) is 10.2 Å². The van der Waals surface area contributed by atoms with Gasteiger partial charge in [0.1, 0.15) is 5.75 Å². The molecule has 0 aromatic rings. The van der Waals surface area contributed by atoms with Crippen LogP contribution < -0.4 is 5.32 Å². The van der Waals surface area contributed by atoms with Gasteiger partial charge in [0.05, 0.1) is 5.75 Å². The van der Waals surface area contributed by atoms with Crippen molar-refractivity contribution >= 4 is 21.7 Å². The van der Waals surface area contributed by atoms with Crippen LogP contribution in [0.1, 0.15) is 12.8 Å². The van der Waals surface area contributed by atoms with Crippen molar-refractivity contribution in [2.45, 2.75) is 12.8 Å². The summed E-state index contributed by atoms with van der Waals surface area (Å²) in [4.78, 5) is 23.5. The van der Waals surface area contributed by atoms with E-state index in [2.05, 4.69) is 5.32 Å². The number of amides is 1. The number of hydrogen-bond donors (Lipinski definition) is 2. The highest BCUT2D eigenvalue weighted by Gasteiger charge is 2.22. The molecular formula is C10H18N2O5S. The highest BCUT2D eigenvalue weighted by atomic mass is 32.2. The Morgan fingerprint density at radius 2 is 1.83 bits per heavy atom. The van der Waals surface area contributed by atoms with E-state index in [1.807, 2.05) is 0 Å². The topological polar surface area (TPSA) is 104 Å². The lowest BCUT2D eigenvalue weighted by molar-refractivity contribution is -0.137. The van der Waals surface area contributed by atoms with Crippen molar-refractivity contribution in [2.75, 3.05) is 37.7 Å². The van der Waals surface area contributed by atoms with Gasteiger partial charge in [0.15, 0.2) is 9.84 Å². The zero-order valence-electron chi connectivity index (χ0n) is 10.1. The molecule has 0 bridgehead atoms. The summed E-state index contributed by atoms with van der Waals surface area (Å²) < 4.78 is 23.2. The molecule has 1 rings (SSSR count). The molecule has 1 fully saturated rings. The van der Waals surface area contributed by atoms with Crippen molar-refractivity contribution < 1.29 is 23.1 Å². The minimum absolute atomic E-state index is 0.0481. The van der Waals surface area contributed by atoms with Crippen LogP contribution in [0.3, 0.4) is 0 Å². The third-order valence-electron chi connectivity index (χ3n) is 2.66. The third kappa shape index (κ3) is 5.46. The fraction of sp³-hybridized carbons (Fsp3) is 0.800. The molecule has 0 saturated carbocycles. The number of nitrogens with zero attached hydrogens (tertiary/aromatic N) is 1. The summed E-state index contributed by atoms with van der Waals surface area (Å²) in [5, 5.41) is 11.5. The number of nitrogens with one attached hydrogen (secondary N) is 1. The minimum atomic E-state index is -3.50. The van der Waals surface area contributed by atoms with Gasteiger partial charge in [-0.25, -0.2) is 8.42 Å². The Balaban J connectivity index is 2.39. The fourth-order valence-corrected chi connectivity index (χ4v) is 3.00. The molecule has 0 atom stereocenters. The van der Waals surface area contributed by atoms with E-state index in [1.165, 1.54) is 4.90 Å². The third-order valence-corrected chi connectivity index (χ3v) is 4.26. The van der Waals surface area contributed by atoms with E-state index in [9.17, 15) is 18.0 Å². The van der Waals surface area contributed by atoms with E-state index in [-0.39, 0.29) is 18.6 Å². The number of piperazine rings is 1. The van der Waals surface area contributed by atoms with E-state index in [0.717, 1.165) is 0 Å². The molecule has 1 amide bonds. The molecule has 1 aliphatic rings. The van der Waals surface area contributed by atoms with E-state index >= 15 is 0 Å². The van der Waals surface area contributed by atoms with Gasteiger partial charge in [-0.15, -0.1) is 0 Å². The summed E-state index contributed by atoms with van der Waals surface area (Å²) in [5.74, 6) is -2.20. The van der Waals surface area contributed by atoms with Crippen molar-refractivity contribution in [3.8, 4) is 0 Å². The first-order valence-electron chi connectivity index (χ1n) is 5.81. The van der Waals surface area contributed by atoms with Crippen molar-refractivity contribution in [1.29, 1.82) is 0 Å². The second-order valence-corrected chi connectivity index (χ2v) is 6.40. The molecule has 104 valence electrons. The molecule has 1 heterocycles. The Morgan fingerprint density at radius 3 is 2.39 bits per heavy atom. The molecule has 0 spiro atoms. The molecular weight excluding hydrogens is 260 g/mol. The predicted octanol–water partition coefficient (Wildman–Crippen LogP) is -1.30. The summed E-state index contributed by atoms with van der Waals surface area (Å²) in [7, 11) is -3.50. The molecule has 8 heteroatoms. The summed E-state index contributed by atoms with van der Waals surface area (Å²) in [6.07, 6.45) is -0.145. The summed E-state index contributed by atoms with van der Waals surface area (Å²) >= 11 is 0. The minimum Gasteiger partial charge on any atom is -0.481 e. The van der Waals surface area contributed by atoms with Gasteiger partial charge in [0, 0.05) is 32.6 Å². The Morgan fingerprint density at radius 1 is 1.22 bits per heavy atom. The largest absolute Gasteiger partial charge is 0.481 e. The monoisotopic (exact) mass is 278 g/mol. The first-order valence-corrected chi connectivity index (χ1v) is 7.63. The predicted molar refractivity (Wildman–Crippen MR) is 65.0 cm³/mol. The maximum atomic E-state index is 11.7. The number of carbonyl (C=O) groups excluding carboxylic acids is 1. The van der Waals surface area contributed by atoms with Gasteiger partial charge in [0.2, 0.25) is 5.91 Å². The van der Waals surface area contributed by atoms with Crippen LogP contribution >= 0.6 is 0 Å². The van der Waals surface area contributed by atoms with Crippen LogP contribution in [0.5, 0.6) is 0 Å². The maximum absolute atomic E-state index is 11.7. The van der Waals surface area contributed by atoms with E-state index in [0.29, 0.717) is 26.2 Å². The van der Waals surface area contributed by atoms with Crippen LogP contribution in [0.4, 0.5) is 0 Å². The van der Waals surface area contributed by atoms with Crippen LogP contribution in [-0.2, 0) is 19.4 Å². The maximum Gasteiger partial charge on any atom is 0.303 e. The van der Waals surface area contributed by atoms with Crippen molar-refractivity contribution in [3.63, 3.8) is 0 Å². The number of carboxylic acids is 1. The Labute approximate surface area is 106 Å². The zero-order chi connectivity index (χ0) is 13.6. The Bertz CT molecular complexity index is 400. The van der Waals surface area contributed by atoms with Gasteiger partial charge in [-0.05, 0) is 6.42 Å². The highest BCUT2D eigenvalue weighted by Crippen LogP contribution is 2.02. The molecule has 18 heavy (non-hydrogen) atoms. The lowest BCUT2D eigenvalue weighted by Gasteiger charge is -2.27. The van der Waals surface area contributed by atoms with Crippen LogP contribution in [-0.4, -0.2) is 68.0 Å². The lowest BCUT2D eigenvalue weighted by Crippen LogP contribution is -2.48. The normalized spacial score (nSPS) is 16.6. The molecule has 1 aliphatic heterocycles. The fourth-order valence-electron chi connectivity index (χ4n) is 1.71. The van der Waals surface area contributed by atoms with E-state index < -0.39 is 27.5 Å². The van der Waals surface area contributed by atoms with Crippen LogP contribution in [0.25, 0.3) is 0 Å². The molecule has 1 saturated heterocycles. The highest BCUT2D eigenvalue weighted by molar-refractivity contribution is 7.92. The quantitative estimate of drug-likeness (QED) is 0.626. The summed E-state index contributed by atoms with van der Waals surface area (Å²) in [5.41, 5.74) is 0. The SMILES string of the molecule is O=C(O)CCCS(=O)(=O)CC(=O)N1CCNCC1.